The van der Waals surface area contributed by atoms with Crippen LogP contribution in [0.25, 0.3) is 0 Å². The molecule has 0 rings (SSSR count). The van der Waals surface area contributed by atoms with Crippen molar-refractivity contribution in [3.63, 3.8) is 0 Å². The summed E-state index contributed by atoms with van der Waals surface area (Å²) >= 11 is 0. The normalized spacial score (nSPS) is 12.7. The number of rotatable bonds is 13. The molecular weight excluding hydrogens is 342 g/mol. The molecule has 0 aromatic rings. The zero-order chi connectivity index (χ0) is 21.4. The van der Waals surface area contributed by atoms with Crippen LogP contribution >= 0.6 is 0 Å². The minimum atomic E-state index is -2.61. The minimum Gasteiger partial charge on any atom is -0.298 e. The second kappa shape index (κ2) is 16.2. The summed E-state index contributed by atoms with van der Waals surface area (Å²) in [6.07, 6.45) is 7.59. The molecule has 27 heavy (non-hydrogen) atoms. The van der Waals surface area contributed by atoms with Gasteiger partial charge >= 0.3 is 0 Å². The van der Waals surface area contributed by atoms with E-state index in [1.165, 1.54) is 12.2 Å². The van der Waals surface area contributed by atoms with Gasteiger partial charge in [0.05, 0.1) is 5.92 Å². The lowest BCUT2D eigenvalue weighted by molar-refractivity contribution is -0.119. The van der Waals surface area contributed by atoms with Crippen LogP contribution in [0.15, 0.2) is 72.9 Å². The van der Waals surface area contributed by atoms with Gasteiger partial charge in [-0.05, 0) is 30.9 Å². The number of alkyl halides is 2. The first-order valence-corrected chi connectivity index (χ1v) is 9.60. The summed E-state index contributed by atoms with van der Waals surface area (Å²) in [5, 5.41) is 0. The molecule has 3 heteroatoms. The molecule has 0 saturated heterocycles. The zero-order valence-corrected chi connectivity index (χ0v) is 17.5. The monoisotopic (exact) mass is 378 g/mol. The highest BCUT2D eigenvalue weighted by atomic mass is 19.3. The average molecular weight is 379 g/mol. The van der Waals surface area contributed by atoms with Crippen molar-refractivity contribution in [3.05, 3.63) is 72.9 Å². The maximum atomic E-state index is 12.7. The number of hydrogen-bond acceptors (Lipinski definition) is 1. The fraction of sp³-hybridized carbons (Fsp3) is 0.458. The first-order valence-electron chi connectivity index (χ1n) is 9.60. The van der Waals surface area contributed by atoms with Crippen LogP contribution in [-0.4, -0.2) is 12.2 Å². The Bertz CT molecular complexity index is 565. The summed E-state index contributed by atoms with van der Waals surface area (Å²) in [4.78, 5) is 12.3. The van der Waals surface area contributed by atoms with E-state index in [0.717, 1.165) is 36.8 Å². The van der Waals surface area contributed by atoms with E-state index in [-0.39, 0.29) is 17.8 Å². The Labute approximate surface area is 164 Å². The number of allylic oxidation sites excluding steroid dienone is 8. The molecule has 0 aliphatic carbocycles. The predicted molar refractivity (Wildman–Crippen MR) is 115 cm³/mol. The Morgan fingerprint density at radius 3 is 2.11 bits per heavy atom. The maximum Gasteiger partial charge on any atom is 0.263 e. The topological polar surface area (TPSA) is 17.1 Å². The van der Waals surface area contributed by atoms with Crippen LogP contribution in [0.1, 0.15) is 59.8 Å². The van der Waals surface area contributed by atoms with E-state index < -0.39 is 12.3 Å². The van der Waals surface area contributed by atoms with Gasteiger partial charge in [-0.15, -0.1) is 13.2 Å². The Kier molecular flexibility index (Phi) is 16.3. The van der Waals surface area contributed by atoms with E-state index in [9.17, 15) is 13.6 Å². The third-order valence-corrected chi connectivity index (χ3v) is 4.01. The van der Waals surface area contributed by atoms with Crippen molar-refractivity contribution in [2.75, 3.05) is 0 Å². The Morgan fingerprint density at radius 2 is 1.67 bits per heavy atom. The molecule has 0 bridgehead atoms. The second-order valence-corrected chi connectivity index (χ2v) is 6.06. The van der Waals surface area contributed by atoms with Crippen LogP contribution in [0.2, 0.25) is 0 Å². The van der Waals surface area contributed by atoms with Crippen molar-refractivity contribution in [3.8, 4) is 0 Å². The van der Waals surface area contributed by atoms with Gasteiger partial charge < -0.3 is 0 Å². The summed E-state index contributed by atoms with van der Waals surface area (Å²) in [6, 6.07) is 0. The van der Waals surface area contributed by atoms with E-state index >= 15 is 0 Å². The van der Waals surface area contributed by atoms with Gasteiger partial charge in [0.25, 0.3) is 6.43 Å². The molecule has 0 aromatic heterocycles. The number of carbonyl (C=O) groups excluding carboxylic acids is 1. The van der Waals surface area contributed by atoms with Gasteiger partial charge in [-0.2, -0.15) is 0 Å². The zero-order valence-electron chi connectivity index (χ0n) is 17.5. The fourth-order valence-corrected chi connectivity index (χ4v) is 2.47. The number of ketones is 1. The lowest BCUT2D eigenvalue weighted by atomic mass is 9.85. The molecule has 0 aliphatic heterocycles. The number of halogens is 2. The first-order chi connectivity index (χ1) is 12.8. The molecule has 0 N–H and O–H groups in total. The van der Waals surface area contributed by atoms with Gasteiger partial charge in [0.1, 0.15) is 5.78 Å². The first kappa shape index (κ1) is 27.2. The van der Waals surface area contributed by atoms with Crippen molar-refractivity contribution < 1.29 is 13.6 Å². The minimum absolute atomic E-state index is 0.0602. The van der Waals surface area contributed by atoms with Crippen LogP contribution in [0.3, 0.4) is 0 Å². The number of unbranched alkanes of at least 4 members (excludes halogenated alkanes) is 2. The molecular formula is C24H36F2O. The molecule has 0 aliphatic rings. The highest BCUT2D eigenvalue weighted by Gasteiger charge is 2.20. The average Bonchev–Trinajstić information content (AvgIpc) is 2.64. The van der Waals surface area contributed by atoms with Crippen LogP contribution in [0.4, 0.5) is 8.78 Å². The summed E-state index contributed by atoms with van der Waals surface area (Å²) in [6.45, 7) is 22.8. The largest absolute Gasteiger partial charge is 0.298 e. The van der Waals surface area contributed by atoms with Crippen molar-refractivity contribution in [1.82, 2.24) is 0 Å². The molecule has 0 amide bonds. The molecule has 0 saturated carbocycles. The van der Waals surface area contributed by atoms with Gasteiger partial charge in [0.15, 0.2) is 0 Å². The van der Waals surface area contributed by atoms with Crippen LogP contribution < -0.4 is 0 Å². The predicted octanol–water partition coefficient (Wildman–Crippen LogP) is 7.79. The number of carbonyl (C=O) groups is 1. The van der Waals surface area contributed by atoms with Gasteiger partial charge in [-0.3, -0.25) is 4.79 Å². The molecule has 152 valence electrons. The van der Waals surface area contributed by atoms with Crippen molar-refractivity contribution in [2.24, 2.45) is 5.92 Å². The molecule has 1 nitrogen and oxygen atoms in total. The lowest BCUT2D eigenvalue weighted by Gasteiger charge is -2.18. The SMILES string of the molecule is C=CCC(=O)C(C=C)C(=C)C(/C=C\C(=C)C(F)F)=C(/C)CCCCC.CC. The van der Waals surface area contributed by atoms with E-state index in [1.54, 1.807) is 12.2 Å². The van der Waals surface area contributed by atoms with Gasteiger partial charge in [-0.25, -0.2) is 8.78 Å². The molecule has 0 fully saturated rings. The number of Topliss-reactive ketones (excluding diaryl/α,β-unsaturated/α-hetero) is 1. The Hall–Kier alpha value is -2.03. The van der Waals surface area contributed by atoms with E-state index in [0.29, 0.717) is 5.57 Å². The van der Waals surface area contributed by atoms with E-state index in [1.807, 2.05) is 20.8 Å². The lowest BCUT2D eigenvalue weighted by Crippen LogP contribution is -2.15. The van der Waals surface area contributed by atoms with Crippen molar-refractivity contribution >= 4 is 5.78 Å². The van der Waals surface area contributed by atoms with Crippen LogP contribution in [0, 0.1) is 5.92 Å². The van der Waals surface area contributed by atoms with E-state index in [4.69, 9.17) is 0 Å². The number of hydrogen-bond donors (Lipinski definition) is 0. The van der Waals surface area contributed by atoms with Gasteiger partial charge in [0, 0.05) is 12.0 Å². The molecule has 0 spiro atoms. The Morgan fingerprint density at radius 1 is 1.07 bits per heavy atom. The highest BCUT2D eigenvalue weighted by molar-refractivity contribution is 5.87. The molecule has 0 radical (unpaired) electrons. The maximum absolute atomic E-state index is 12.7. The fourth-order valence-electron chi connectivity index (χ4n) is 2.47. The van der Waals surface area contributed by atoms with Gasteiger partial charge in [0.2, 0.25) is 0 Å². The van der Waals surface area contributed by atoms with E-state index in [2.05, 4.69) is 33.2 Å². The summed E-state index contributed by atoms with van der Waals surface area (Å²) in [5.41, 5.74) is 2.06. The standard InChI is InChI=1S/C22H30F2O.C2H6/c1-7-10-11-13-16(4)20(15-14-17(5)22(23)24)18(6)19(9-3)21(25)12-8-2;1-2/h8-9,14-15,19,22H,2-3,5-7,10-13H2,1,4H3;1-2H3/b15-14-,20-16-;. The summed E-state index contributed by atoms with van der Waals surface area (Å²) < 4.78 is 25.4. The smallest absolute Gasteiger partial charge is 0.263 e. The van der Waals surface area contributed by atoms with Gasteiger partial charge in [-0.1, -0.05) is 76.6 Å². The molecule has 0 aromatic carbocycles. The van der Waals surface area contributed by atoms with Crippen LogP contribution in [0.5, 0.6) is 0 Å². The summed E-state index contributed by atoms with van der Waals surface area (Å²) in [7, 11) is 0. The quantitative estimate of drug-likeness (QED) is 0.181. The second-order valence-electron chi connectivity index (χ2n) is 6.06. The molecule has 1 atom stereocenters. The van der Waals surface area contributed by atoms with Crippen molar-refractivity contribution in [1.29, 1.82) is 0 Å². The third kappa shape index (κ3) is 10.6. The highest BCUT2D eigenvalue weighted by Crippen LogP contribution is 2.28. The van der Waals surface area contributed by atoms with Crippen molar-refractivity contribution in [2.45, 2.75) is 66.2 Å². The summed E-state index contributed by atoms with van der Waals surface area (Å²) in [5.74, 6) is -0.617. The molecule has 0 heterocycles. The third-order valence-electron chi connectivity index (χ3n) is 4.01. The Balaban J connectivity index is 0. The van der Waals surface area contributed by atoms with Crippen LogP contribution in [-0.2, 0) is 4.79 Å². The molecule has 1 unspecified atom stereocenters.